The van der Waals surface area contributed by atoms with E-state index in [1.165, 1.54) is 10.6 Å². The van der Waals surface area contributed by atoms with Crippen molar-refractivity contribution in [1.82, 2.24) is 19.6 Å². The van der Waals surface area contributed by atoms with E-state index in [1.807, 2.05) is 0 Å². The summed E-state index contributed by atoms with van der Waals surface area (Å²) in [5.74, 6) is 0. The number of nitrogens with one attached hydrogen (secondary N) is 1. The second-order valence-corrected chi connectivity index (χ2v) is 4.55. The molecule has 80 valence electrons. The van der Waals surface area contributed by atoms with Crippen LogP contribution in [-0.2, 0) is 0 Å². The molecular weight excluding hydrogens is 295 g/mol. The van der Waals surface area contributed by atoms with Crippen molar-refractivity contribution in [3.63, 3.8) is 0 Å². The largest absolute Gasteiger partial charge is 0.317 e. The van der Waals surface area contributed by atoms with Gasteiger partial charge in [-0.3, -0.25) is 4.79 Å². The lowest BCUT2D eigenvalue weighted by Gasteiger charge is -2.00. The Morgan fingerprint density at radius 1 is 1.44 bits per heavy atom. The molecule has 3 rings (SSSR count). The second-order valence-electron chi connectivity index (χ2n) is 3.24. The van der Waals surface area contributed by atoms with E-state index in [0.29, 0.717) is 16.7 Å². The van der Waals surface area contributed by atoms with Crippen LogP contribution in [0.3, 0.4) is 0 Å². The van der Waals surface area contributed by atoms with E-state index in [4.69, 9.17) is 11.6 Å². The van der Waals surface area contributed by atoms with Crippen molar-refractivity contribution in [3.8, 4) is 0 Å². The summed E-state index contributed by atoms with van der Waals surface area (Å²) in [5, 5.41) is 4.28. The Bertz CT molecular complexity index is 763. The van der Waals surface area contributed by atoms with Crippen molar-refractivity contribution >= 4 is 44.2 Å². The first-order chi connectivity index (χ1) is 7.65. The van der Waals surface area contributed by atoms with E-state index >= 15 is 0 Å². The Balaban J connectivity index is 2.63. The normalized spacial score (nSPS) is 11.4. The van der Waals surface area contributed by atoms with Gasteiger partial charge < -0.3 is 4.98 Å². The molecule has 5 nitrogen and oxygen atoms in total. The molecule has 0 aromatic carbocycles. The smallest absolute Gasteiger partial charge is 0.274 e. The van der Waals surface area contributed by atoms with Gasteiger partial charge in [0.05, 0.1) is 5.52 Å². The van der Waals surface area contributed by atoms with Gasteiger partial charge in [-0.05, 0) is 22.0 Å². The van der Waals surface area contributed by atoms with E-state index in [2.05, 4.69) is 31.0 Å². The molecule has 0 spiro atoms. The van der Waals surface area contributed by atoms with E-state index < -0.39 is 0 Å². The van der Waals surface area contributed by atoms with Crippen LogP contribution in [0.15, 0.2) is 27.6 Å². The van der Waals surface area contributed by atoms with Crippen LogP contribution in [0.2, 0.25) is 5.15 Å². The molecule has 0 unspecified atom stereocenters. The fourth-order valence-corrected chi connectivity index (χ4v) is 2.06. The quantitative estimate of drug-likeness (QED) is 0.690. The fraction of sp³-hybridized carbons (Fsp3) is 0. The average Bonchev–Trinajstić information content (AvgIpc) is 2.60. The maximum atomic E-state index is 11.7. The summed E-state index contributed by atoms with van der Waals surface area (Å²) < 4.78 is 2.22. The molecule has 3 aromatic heterocycles. The molecule has 0 amide bonds. The zero-order valence-electron chi connectivity index (χ0n) is 7.74. The number of aromatic amines is 1. The minimum absolute atomic E-state index is 0.244. The van der Waals surface area contributed by atoms with Gasteiger partial charge in [0.15, 0.2) is 10.8 Å². The van der Waals surface area contributed by atoms with Crippen molar-refractivity contribution in [2.45, 2.75) is 0 Å². The Hall–Kier alpha value is -1.40. The molecule has 0 saturated heterocycles. The van der Waals surface area contributed by atoms with Gasteiger partial charge in [-0.2, -0.15) is 5.10 Å². The van der Waals surface area contributed by atoms with Crippen LogP contribution >= 0.6 is 27.5 Å². The predicted octanol–water partition coefficient (Wildman–Crippen LogP) is 1.99. The number of hydrogen-bond donors (Lipinski definition) is 1. The highest BCUT2D eigenvalue weighted by Crippen LogP contribution is 2.16. The molecule has 3 heterocycles. The molecular formula is C9H4BrClN4O. The Labute approximate surface area is 102 Å². The number of hydrogen-bond acceptors (Lipinski definition) is 3. The number of fused-ring (bicyclic) bond motifs is 3. The predicted molar refractivity (Wildman–Crippen MR) is 63.8 cm³/mol. The maximum Gasteiger partial charge on any atom is 0.274 e. The Morgan fingerprint density at radius 3 is 3.06 bits per heavy atom. The van der Waals surface area contributed by atoms with Crippen LogP contribution in [0.4, 0.5) is 0 Å². The summed E-state index contributed by atoms with van der Waals surface area (Å²) in [6, 6.07) is 3.27. The van der Waals surface area contributed by atoms with Crippen molar-refractivity contribution in [1.29, 1.82) is 0 Å². The number of nitrogens with zero attached hydrogens (tertiary/aromatic N) is 3. The molecule has 0 saturated carbocycles. The molecule has 0 aliphatic heterocycles. The number of H-pyrrole nitrogens is 1. The summed E-state index contributed by atoms with van der Waals surface area (Å²) in [6.45, 7) is 0. The highest BCUT2D eigenvalue weighted by atomic mass is 79.9. The zero-order valence-corrected chi connectivity index (χ0v) is 10.1. The van der Waals surface area contributed by atoms with Gasteiger partial charge in [0.25, 0.3) is 5.56 Å². The third-order valence-corrected chi connectivity index (χ3v) is 2.81. The summed E-state index contributed by atoms with van der Waals surface area (Å²) in [5.41, 5.74) is 1.30. The first kappa shape index (κ1) is 9.80. The van der Waals surface area contributed by atoms with Gasteiger partial charge >= 0.3 is 0 Å². The molecule has 0 atom stereocenters. The zero-order chi connectivity index (χ0) is 11.3. The van der Waals surface area contributed by atoms with Gasteiger partial charge in [-0.15, -0.1) is 0 Å². The van der Waals surface area contributed by atoms with Gasteiger partial charge in [-0.25, -0.2) is 9.50 Å². The number of rotatable bonds is 0. The van der Waals surface area contributed by atoms with Crippen LogP contribution in [-0.4, -0.2) is 19.6 Å². The summed E-state index contributed by atoms with van der Waals surface area (Å²) in [6.07, 6.45) is 1.63. The van der Waals surface area contributed by atoms with Gasteiger partial charge in [0.2, 0.25) is 0 Å². The second kappa shape index (κ2) is 3.29. The fourth-order valence-electron chi connectivity index (χ4n) is 1.55. The van der Waals surface area contributed by atoms with E-state index in [9.17, 15) is 4.79 Å². The van der Waals surface area contributed by atoms with Gasteiger partial charge in [0.1, 0.15) is 5.52 Å². The Kier molecular flexibility index (Phi) is 2.02. The van der Waals surface area contributed by atoms with Crippen molar-refractivity contribution in [2.75, 3.05) is 0 Å². The van der Waals surface area contributed by atoms with Gasteiger partial charge in [-0.1, -0.05) is 11.6 Å². The lowest BCUT2D eigenvalue weighted by atomic mass is 10.4. The molecule has 3 aromatic rings. The van der Waals surface area contributed by atoms with Gasteiger partial charge in [0, 0.05) is 16.7 Å². The maximum absolute atomic E-state index is 11.7. The highest BCUT2D eigenvalue weighted by Gasteiger charge is 2.09. The summed E-state index contributed by atoms with van der Waals surface area (Å²) in [4.78, 5) is 18.6. The van der Waals surface area contributed by atoms with Crippen LogP contribution in [0, 0.1) is 0 Å². The molecule has 1 N–H and O–H groups in total. The molecule has 7 heteroatoms. The minimum Gasteiger partial charge on any atom is -0.317 e. The summed E-state index contributed by atoms with van der Waals surface area (Å²) >= 11 is 9.05. The number of halogens is 2. The molecule has 0 radical (unpaired) electrons. The van der Waals surface area contributed by atoms with Crippen molar-refractivity contribution < 1.29 is 0 Å². The highest BCUT2D eigenvalue weighted by molar-refractivity contribution is 9.10. The minimum atomic E-state index is -0.244. The van der Waals surface area contributed by atoms with E-state index in [1.54, 1.807) is 12.3 Å². The molecule has 0 aliphatic carbocycles. The topological polar surface area (TPSA) is 63.0 Å². The van der Waals surface area contributed by atoms with E-state index in [-0.39, 0.29) is 10.7 Å². The standard InChI is InChI=1S/C9H4BrClN4O/c10-4-1-5-8(12-3-4)15-6(9(16)13-5)2-7(11)14-15/h1-3H,(H,13,16). The molecule has 0 fully saturated rings. The molecule has 16 heavy (non-hydrogen) atoms. The van der Waals surface area contributed by atoms with Crippen LogP contribution in [0.1, 0.15) is 0 Å². The van der Waals surface area contributed by atoms with Crippen LogP contribution in [0.25, 0.3) is 16.7 Å². The molecule has 0 aliphatic rings. The first-order valence-electron chi connectivity index (χ1n) is 4.38. The monoisotopic (exact) mass is 298 g/mol. The SMILES string of the molecule is O=c1[nH]c2cc(Br)cnc2n2nc(Cl)cc12. The first-order valence-corrected chi connectivity index (χ1v) is 5.55. The lowest BCUT2D eigenvalue weighted by Crippen LogP contribution is -2.11. The lowest BCUT2D eigenvalue weighted by molar-refractivity contribution is 0.965. The number of aromatic nitrogens is 4. The van der Waals surface area contributed by atoms with E-state index in [0.717, 1.165) is 4.47 Å². The van der Waals surface area contributed by atoms with Crippen molar-refractivity contribution in [3.05, 3.63) is 38.3 Å². The third kappa shape index (κ3) is 1.34. The number of pyridine rings is 1. The van der Waals surface area contributed by atoms with Crippen molar-refractivity contribution in [2.24, 2.45) is 0 Å². The average molecular weight is 300 g/mol. The van der Waals surface area contributed by atoms with Crippen LogP contribution < -0.4 is 5.56 Å². The van der Waals surface area contributed by atoms with Crippen LogP contribution in [0.5, 0.6) is 0 Å². The third-order valence-electron chi connectivity index (χ3n) is 2.19. The Morgan fingerprint density at radius 2 is 2.25 bits per heavy atom. The summed E-state index contributed by atoms with van der Waals surface area (Å²) in [7, 11) is 0. The molecule has 0 bridgehead atoms.